The number of thioether (sulfide) groups is 1. The van der Waals surface area contributed by atoms with Crippen molar-refractivity contribution in [2.24, 2.45) is 5.92 Å². The molecule has 1 aliphatic rings. The SMILES string of the molecule is CCCC[C@H]1CC[C@H](c2ccc(CSc3ccc(C#N)cc3)cc2)CC1. The van der Waals surface area contributed by atoms with Gasteiger partial charge in [-0.1, -0.05) is 50.5 Å². The predicted molar refractivity (Wildman–Crippen MR) is 111 cm³/mol. The zero-order valence-electron chi connectivity index (χ0n) is 15.8. The third-order valence-corrected chi connectivity index (χ3v) is 6.74. The van der Waals surface area contributed by atoms with Crippen LogP contribution in [-0.2, 0) is 5.75 Å². The first-order valence-electron chi connectivity index (χ1n) is 10.00. The average molecular weight is 364 g/mol. The zero-order chi connectivity index (χ0) is 18.2. The fourth-order valence-electron chi connectivity index (χ4n) is 3.96. The Kier molecular flexibility index (Phi) is 7.21. The van der Waals surface area contributed by atoms with Gasteiger partial charge in [-0.25, -0.2) is 0 Å². The molecule has 0 aliphatic heterocycles. The Balaban J connectivity index is 1.48. The van der Waals surface area contributed by atoms with Crippen LogP contribution in [0, 0.1) is 17.2 Å². The van der Waals surface area contributed by atoms with Crippen LogP contribution in [0.1, 0.15) is 74.5 Å². The Hall–Kier alpha value is -1.72. The molecule has 0 N–H and O–H groups in total. The second-order valence-corrected chi connectivity index (χ2v) is 8.58. The van der Waals surface area contributed by atoms with Gasteiger partial charge in [-0.15, -0.1) is 11.8 Å². The molecule has 0 atom stereocenters. The quantitative estimate of drug-likeness (QED) is 0.481. The summed E-state index contributed by atoms with van der Waals surface area (Å²) in [6.07, 6.45) is 9.75. The van der Waals surface area contributed by atoms with Crippen LogP contribution < -0.4 is 0 Å². The molecular weight excluding hydrogens is 334 g/mol. The molecule has 2 aromatic carbocycles. The van der Waals surface area contributed by atoms with Gasteiger partial charge in [-0.05, 0) is 72.9 Å². The highest BCUT2D eigenvalue weighted by atomic mass is 32.2. The molecule has 0 radical (unpaired) electrons. The van der Waals surface area contributed by atoms with Gasteiger partial charge in [0.2, 0.25) is 0 Å². The molecule has 3 rings (SSSR count). The van der Waals surface area contributed by atoms with E-state index in [1.807, 2.05) is 36.0 Å². The average Bonchev–Trinajstić information content (AvgIpc) is 2.72. The summed E-state index contributed by atoms with van der Waals surface area (Å²) in [7, 11) is 0. The Labute approximate surface area is 162 Å². The number of rotatable bonds is 7. The largest absolute Gasteiger partial charge is 0.192 e. The van der Waals surface area contributed by atoms with E-state index in [2.05, 4.69) is 37.3 Å². The maximum absolute atomic E-state index is 8.87. The van der Waals surface area contributed by atoms with Gasteiger partial charge in [0, 0.05) is 10.6 Å². The fraction of sp³-hybridized carbons (Fsp3) is 0.458. The van der Waals surface area contributed by atoms with E-state index in [-0.39, 0.29) is 0 Å². The van der Waals surface area contributed by atoms with Gasteiger partial charge in [-0.2, -0.15) is 5.26 Å². The van der Waals surface area contributed by atoms with E-state index in [0.29, 0.717) is 0 Å². The van der Waals surface area contributed by atoms with Gasteiger partial charge in [0.15, 0.2) is 0 Å². The third-order valence-electron chi connectivity index (χ3n) is 5.65. The fourth-order valence-corrected chi connectivity index (χ4v) is 4.81. The summed E-state index contributed by atoms with van der Waals surface area (Å²) in [5.74, 6) is 2.73. The minimum absolute atomic E-state index is 0.725. The maximum Gasteiger partial charge on any atom is 0.0991 e. The summed E-state index contributed by atoms with van der Waals surface area (Å²) in [4.78, 5) is 1.22. The smallest absolute Gasteiger partial charge is 0.0991 e. The molecule has 0 aromatic heterocycles. The highest BCUT2D eigenvalue weighted by molar-refractivity contribution is 7.98. The lowest BCUT2D eigenvalue weighted by molar-refractivity contribution is 0.304. The van der Waals surface area contributed by atoms with Crippen molar-refractivity contribution in [2.75, 3.05) is 0 Å². The van der Waals surface area contributed by atoms with Crippen LogP contribution in [0.4, 0.5) is 0 Å². The Morgan fingerprint density at radius 3 is 2.27 bits per heavy atom. The Morgan fingerprint density at radius 2 is 1.65 bits per heavy atom. The monoisotopic (exact) mass is 363 g/mol. The molecule has 2 aromatic rings. The van der Waals surface area contributed by atoms with Crippen LogP contribution in [-0.4, -0.2) is 0 Å². The Morgan fingerprint density at radius 1 is 0.962 bits per heavy atom. The lowest BCUT2D eigenvalue weighted by Gasteiger charge is -2.29. The normalized spacial score (nSPS) is 19.8. The molecule has 0 bridgehead atoms. The van der Waals surface area contributed by atoms with Crippen molar-refractivity contribution in [1.29, 1.82) is 5.26 Å². The van der Waals surface area contributed by atoms with Gasteiger partial charge < -0.3 is 0 Å². The molecule has 0 heterocycles. The summed E-state index contributed by atoms with van der Waals surface area (Å²) < 4.78 is 0. The Bertz CT molecular complexity index is 703. The molecule has 1 saturated carbocycles. The molecule has 0 unspecified atom stereocenters. The lowest BCUT2D eigenvalue weighted by Crippen LogP contribution is -2.13. The molecule has 0 saturated heterocycles. The van der Waals surface area contributed by atoms with Gasteiger partial charge >= 0.3 is 0 Å². The topological polar surface area (TPSA) is 23.8 Å². The van der Waals surface area contributed by atoms with E-state index in [4.69, 9.17) is 5.26 Å². The number of hydrogen-bond donors (Lipinski definition) is 0. The molecule has 1 nitrogen and oxygen atoms in total. The number of nitriles is 1. The van der Waals surface area contributed by atoms with E-state index in [1.165, 1.54) is 61.0 Å². The molecule has 1 fully saturated rings. The molecule has 136 valence electrons. The number of benzene rings is 2. The summed E-state index contributed by atoms with van der Waals surface area (Å²) in [6, 6.07) is 19.3. The second-order valence-electron chi connectivity index (χ2n) is 7.53. The van der Waals surface area contributed by atoms with Crippen molar-refractivity contribution in [3.63, 3.8) is 0 Å². The zero-order valence-corrected chi connectivity index (χ0v) is 16.6. The molecule has 0 amide bonds. The first-order chi connectivity index (χ1) is 12.8. The van der Waals surface area contributed by atoms with E-state index in [9.17, 15) is 0 Å². The molecular formula is C24H29NS. The summed E-state index contributed by atoms with van der Waals surface area (Å²) >= 11 is 1.83. The standard InChI is InChI=1S/C24H29NS/c1-2-3-4-19-5-11-22(12-6-19)23-13-7-21(8-14-23)18-26-24-15-9-20(17-25)10-16-24/h7-10,13-16,19,22H,2-6,11-12,18H2,1H3/t19-,22-. The van der Waals surface area contributed by atoms with Crippen molar-refractivity contribution in [1.82, 2.24) is 0 Å². The minimum Gasteiger partial charge on any atom is -0.192 e. The molecule has 0 spiro atoms. The van der Waals surface area contributed by atoms with Crippen molar-refractivity contribution in [3.05, 3.63) is 65.2 Å². The number of unbranched alkanes of at least 4 members (excludes halogenated alkanes) is 1. The van der Waals surface area contributed by atoms with Gasteiger partial charge in [0.25, 0.3) is 0 Å². The van der Waals surface area contributed by atoms with Gasteiger partial charge in [0.1, 0.15) is 0 Å². The molecule has 26 heavy (non-hydrogen) atoms. The predicted octanol–water partition coefficient (Wildman–Crippen LogP) is 7.31. The first kappa shape index (κ1) is 19.1. The van der Waals surface area contributed by atoms with Crippen LogP contribution in [0.3, 0.4) is 0 Å². The van der Waals surface area contributed by atoms with Crippen molar-refractivity contribution in [2.45, 2.75) is 68.4 Å². The molecule has 2 heteroatoms. The van der Waals surface area contributed by atoms with Crippen molar-refractivity contribution in [3.8, 4) is 6.07 Å². The third kappa shape index (κ3) is 5.39. The summed E-state index contributed by atoms with van der Waals surface area (Å²) in [5, 5.41) is 8.87. The molecule has 1 aliphatic carbocycles. The maximum atomic E-state index is 8.87. The number of nitrogens with zero attached hydrogens (tertiary/aromatic N) is 1. The van der Waals surface area contributed by atoms with Gasteiger partial charge in [-0.3, -0.25) is 0 Å². The lowest BCUT2D eigenvalue weighted by atomic mass is 9.77. The van der Waals surface area contributed by atoms with Crippen LogP contribution in [0.25, 0.3) is 0 Å². The van der Waals surface area contributed by atoms with E-state index in [1.54, 1.807) is 0 Å². The van der Waals surface area contributed by atoms with E-state index in [0.717, 1.165) is 23.2 Å². The highest BCUT2D eigenvalue weighted by Gasteiger charge is 2.21. The van der Waals surface area contributed by atoms with Crippen molar-refractivity contribution < 1.29 is 0 Å². The van der Waals surface area contributed by atoms with E-state index >= 15 is 0 Å². The second kappa shape index (κ2) is 9.83. The minimum atomic E-state index is 0.725. The van der Waals surface area contributed by atoms with Crippen molar-refractivity contribution >= 4 is 11.8 Å². The van der Waals surface area contributed by atoms with Crippen LogP contribution in [0.2, 0.25) is 0 Å². The van der Waals surface area contributed by atoms with Crippen LogP contribution in [0.15, 0.2) is 53.4 Å². The van der Waals surface area contributed by atoms with E-state index < -0.39 is 0 Å². The summed E-state index contributed by atoms with van der Waals surface area (Å²) in [6.45, 7) is 2.30. The first-order valence-corrected chi connectivity index (χ1v) is 11.0. The van der Waals surface area contributed by atoms with Gasteiger partial charge in [0.05, 0.1) is 11.6 Å². The van der Waals surface area contributed by atoms with Crippen LogP contribution >= 0.6 is 11.8 Å². The number of hydrogen-bond acceptors (Lipinski definition) is 2. The summed E-state index contributed by atoms with van der Waals surface area (Å²) in [5.41, 5.74) is 3.63. The highest BCUT2D eigenvalue weighted by Crippen LogP contribution is 2.37. The van der Waals surface area contributed by atoms with Crippen LogP contribution in [0.5, 0.6) is 0 Å².